The predicted molar refractivity (Wildman–Crippen MR) is 98.0 cm³/mol. The number of amides is 1. The number of benzene rings is 1. The van der Waals surface area contributed by atoms with Crippen molar-refractivity contribution in [1.82, 2.24) is 14.1 Å². The summed E-state index contributed by atoms with van der Waals surface area (Å²) in [5.41, 5.74) is 0.610. The molecule has 2 saturated heterocycles. The zero-order valence-electron chi connectivity index (χ0n) is 15.0. The van der Waals surface area contributed by atoms with E-state index in [4.69, 9.17) is 0 Å². The molecule has 0 N–H and O–H groups in total. The van der Waals surface area contributed by atoms with Crippen LogP contribution in [0.5, 0.6) is 0 Å². The lowest BCUT2D eigenvalue weighted by atomic mass is 10.1. The lowest BCUT2D eigenvalue weighted by Crippen LogP contribution is -2.61. The first-order valence-corrected chi connectivity index (χ1v) is 10.5. The molecule has 0 aliphatic carbocycles. The van der Waals surface area contributed by atoms with Crippen molar-refractivity contribution in [3.8, 4) is 0 Å². The Morgan fingerprint density at radius 1 is 1.16 bits per heavy atom. The van der Waals surface area contributed by atoms with Gasteiger partial charge < -0.3 is 9.80 Å². The van der Waals surface area contributed by atoms with Gasteiger partial charge in [-0.1, -0.05) is 25.1 Å². The van der Waals surface area contributed by atoms with Crippen molar-refractivity contribution in [3.63, 3.8) is 0 Å². The van der Waals surface area contributed by atoms with Gasteiger partial charge in [-0.05, 0) is 44.6 Å². The van der Waals surface area contributed by atoms with Crippen LogP contribution in [0.15, 0.2) is 30.3 Å². The van der Waals surface area contributed by atoms with Crippen molar-refractivity contribution in [1.29, 1.82) is 0 Å². The van der Waals surface area contributed by atoms with Gasteiger partial charge in [0.05, 0.1) is 0 Å². The largest absolute Gasteiger partial charge is 0.336 e. The van der Waals surface area contributed by atoms with Crippen LogP contribution in [-0.4, -0.2) is 79.5 Å². The number of rotatable bonds is 5. The molecule has 3 rings (SSSR count). The van der Waals surface area contributed by atoms with E-state index in [1.165, 1.54) is 0 Å². The standard InChI is InChI=1S/C18H27N3O3S/c1-3-20-11-9-16(10-12-20)19(2)25(23,24)17-13-21(14-17)18(22)15-7-5-4-6-8-15/h4-8,16-17H,3,9-14H2,1-2H3. The Morgan fingerprint density at radius 3 is 2.32 bits per heavy atom. The first kappa shape index (κ1) is 18.4. The molecule has 0 unspecified atom stereocenters. The number of carbonyl (C=O) groups excluding carboxylic acids is 1. The highest BCUT2D eigenvalue weighted by atomic mass is 32.2. The number of piperidine rings is 1. The number of carbonyl (C=O) groups is 1. The molecular formula is C18H27N3O3S. The normalized spacial score (nSPS) is 20.7. The van der Waals surface area contributed by atoms with Gasteiger partial charge in [-0.3, -0.25) is 4.79 Å². The summed E-state index contributed by atoms with van der Waals surface area (Å²) in [4.78, 5) is 16.3. The Kier molecular flexibility index (Phi) is 5.46. The molecule has 0 saturated carbocycles. The molecule has 7 heteroatoms. The van der Waals surface area contributed by atoms with Gasteiger partial charge in [0.25, 0.3) is 5.91 Å². The van der Waals surface area contributed by atoms with E-state index in [1.807, 2.05) is 18.2 Å². The molecular weight excluding hydrogens is 338 g/mol. The summed E-state index contributed by atoms with van der Waals surface area (Å²) < 4.78 is 27.2. The van der Waals surface area contributed by atoms with Crippen LogP contribution < -0.4 is 0 Å². The highest BCUT2D eigenvalue weighted by Gasteiger charge is 2.43. The van der Waals surface area contributed by atoms with Crippen LogP contribution >= 0.6 is 0 Å². The van der Waals surface area contributed by atoms with Crippen molar-refractivity contribution >= 4 is 15.9 Å². The molecule has 0 spiro atoms. The van der Waals surface area contributed by atoms with E-state index in [0.29, 0.717) is 5.56 Å². The van der Waals surface area contributed by atoms with Crippen LogP contribution in [0.3, 0.4) is 0 Å². The van der Waals surface area contributed by atoms with Crippen LogP contribution in [-0.2, 0) is 10.0 Å². The van der Waals surface area contributed by atoms with Crippen LogP contribution in [0.4, 0.5) is 0 Å². The predicted octanol–water partition coefficient (Wildman–Crippen LogP) is 1.26. The molecule has 1 aromatic carbocycles. The van der Waals surface area contributed by atoms with E-state index < -0.39 is 15.3 Å². The van der Waals surface area contributed by atoms with E-state index in [0.717, 1.165) is 32.5 Å². The fourth-order valence-electron chi connectivity index (χ4n) is 3.60. The minimum absolute atomic E-state index is 0.0756. The van der Waals surface area contributed by atoms with E-state index >= 15 is 0 Å². The van der Waals surface area contributed by atoms with Crippen LogP contribution in [0.25, 0.3) is 0 Å². The van der Waals surface area contributed by atoms with Crippen LogP contribution in [0.2, 0.25) is 0 Å². The van der Waals surface area contributed by atoms with Crippen molar-refractivity contribution < 1.29 is 13.2 Å². The Bertz CT molecular complexity index is 694. The third-order valence-corrected chi connectivity index (χ3v) is 7.74. The van der Waals surface area contributed by atoms with Gasteiger partial charge in [0.1, 0.15) is 5.25 Å². The van der Waals surface area contributed by atoms with Crippen LogP contribution in [0, 0.1) is 0 Å². The molecule has 2 fully saturated rings. The monoisotopic (exact) mass is 365 g/mol. The van der Waals surface area contributed by atoms with Crippen LogP contribution in [0.1, 0.15) is 30.1 Å². The number of likely N-dealkylation sites (tertiary alicyclic amines) is 2. The maximum Gasteiger partial charge on any atom is 0.253 e. The van der Waals surface area contributed by atoms with Gasteiger partial charge in [-0.2, -0.15) is 0 Å². The van der Waals surface area contributed by atoms with E-state index in [9.17, 15) is 13.2 Å². The molecule has 0 radical (unpaired) electrons. The highest BCUT2D eigenvalue weighted by molar-refractivity contribution is 7.89. The number of hydrogen-bond donors (Lipinski definition) is 0. The summed E-state index contributed by atoms with van der Waals surface area (Å²) in [7, 11) is -1.66. The second kappa shape index (κ2) is 7.43. The topological polar surface area (TPSA) is 60.9 Å². The summed E-state index contributed by atoms with van der Waals surface area (Å²) in [6.45, 7) is 5.62. The van der Waals surface area contributed by atoms with Gasteiger partial charge in [-0.25, -0.2) is 12.7 Å². The summed E-state index contributed by atoms with van der Waals surface area (Å²) in [5, 5.41) is -0.477. The van der Waals surface area contributed by atoms with E-state index in [-0.39, 0.29) is 25.0 Å². The molecule has 0 atom stereocenters. The molecule has 25 heavy (non-hydrogen) atoms. The average Bonchev–Trinajstić information content (AvgIpc) is 2.60. The Hall–Kier alpha value is -1.44. The minimum Gasteiger partial charge on any atom is -0.336 e. The molecule has 138 valence electrons. The zero-order chi connectivity index (χ0) is 18.0. The first-order valence-electron chi connectivity index (χ1n) is 8.97. The van der Waals surface area contributed by atoms with Gasteiger partial charge in [0.15, 0.2) is 0 Å². The van der Waals surface area contributed by atoms with Gasteiger partial charge in [-0.15, -0.1) is 0 Å². The fourth-order valence-corrected chi connectivity index (χ4v) is 5.43. The van der Waals surface area contributed by atoms with Gasteiger partial charge in [0.2, 0.25) is 10.0 Å². The quantitative estimate of drug-likeness (QED) is 0.788. The van der Waals surface area contributed by atoms with Crippen molar-refractivity contribution in [2.75, 3.05) is 39.8 Å². The third-order valence-electron chi connectivity index (χ3n) is 5.50. The smallest absolute Gasteiger partial charge is 0.253 e. The van der Waals surface area contributed by atoms with Crippen molar-refractivity contribution in [3.05, 3.63) is 35.9 Å². The molecule has 6 nitrogen and oxygen atoms in total. The Balaban J connectivity index is 1.57. The third kappa shape index (κ3) is 3.73. The Morgan fingerprint density at radius 2 is 1.76 bits per heavy atom. The summed E-state index contributed by atoms with van der Waals surface area (Å²) in [6.07, 6.45) is 1.76. The molecule has 2 heterocycles. The SMILES string of the molecule is CCN1CCC(N(C)S(=O)(=O)C2CN(C(=O)c3ccccc3)C2)CC1. The minimum atomic E-state index is -3.35. The zero-order valence-corrected chi connectivity index (χ0v) is 15.8. The number of hydrogen-bond acceptors (Lipinski definition) is 4. The van der Waals surface area contributed by atoms with Crippen molar-refractivity contribution in [2.24, 2.45) is 0 Å². The first-order chi connectivity index (χ1) is 11.9. The maximum atomic E-state index is 12.8. The maximum absolute atomic E-state index is 12.8. The summed E-state index contributed by atoms with van der Waals surface area (Å²) in [5.74, 6) is -0.0917. The van der Waals surface area contributed by atoms with E-state index in [1.54, 1.807) is 28.4 Å². The van der Waals surface area contributed by atoms with Gasteiger partial charge >= 0.3 is 0 Å². The van der Waals surface area contributed by atoms with Gasteiger partial charge in [0, 0.05) is 31.7 Å². The number of sulfonamides is 1. The summed E-state index contributed by atoms with van der Waals surface area (Å²) in [6, 6.07) is 9.09. The lowest BCUT2D eigenvalue weighted by molar-refractivity contribution is 0.0653. The molecule has 1 amide bonds. The van der Waals surface area contributed by atoms with Crippen molar-refractivity contribution in [2.45, 2.75) is 31.1 Å². The molecule has 2 aliphatic heterocycles. The molecule has 1 aromatic rings. The number of nitrogens with zero attached hydrogens (tertiary/aromatic N) is 3. The second-order valence-electron chi connectivity index (χ2n) is 6.92. The average molecular weight is 365 g/mol. The highest BCUT2D eigenvalue weighted by Crippen LogP contribution is 2.25. The fraction of sp³-hybridized carbons (Fsp3) is 0.611. The molecule has 0 bridgehead atoms. The molecule has 2 aliphatic rings. The van der Waals surface area contributed by atoms with E-state index in [2.05, 4.69) is 11.8 Å². The Labute approximate surface area is 150 Å². The summed E-state index contributed by atoms with van der Waals surface area (Å²) >= 11 is 0. The lowest BCUT2D eigenvalue weighted by Gasteiger charge is -2.43. The second-order valence-corrected chi connectivity index (χ2v) is 9.20. The molecule has 0 aromatic heterocycles.